The van der Waals surface area contributed by atoms with Gasteiger partial charge in [-0.1, -0.05) is 5.57 Å². The molecule has 0 aromatic heterocycles. The number of hydrogen-bond donors (Lipinski definition) is 0. The van der Waals surface area contributed by atoms with E-state index in [0.29, 0.717) is 0 Å². The Bertz CT molecular complexity index is 137. The van der Waals surface area contributed by atoms with E-state index in [1.54, 1.807) is 0 Å². The summed E-state index contributed by atoms with van der Waals surface area (Å²) in [4.78, 5) is 2.48. The van der Waals surface area contributed by atoms with Crippen molar-refractivity contribution in [1.82, 2.24) is 4.90 Å². The molecule has 1 saturated heterocycles. The highest BCUT2D eigenvalue weighted by molar-refractivity contribution is 5.06. The Hall–Kier alpha value is -0.460. The van der Waals surface area contributed by atoms with Crippen molar-refractivity contribution in [3.05, 3.63) is 11.3 Å². The molecule has 1 fully saturated rings. The van der Waals surface area contributed by atoms with Gasteiger partial charge in [0.05, 0.1) is 0 Å². The van der Waals surface area contributed by atoms with Gasteiger partial charge in [-0.2, -0.15) is 0 Å². The Kier molecular flexibility index (Phi) is 2.36. The number of nitrogens with zero attached hydrogens (tertiary/aromatic N) is 1. The van der Waals surface area contributed by atoms with Crippen molar-refractivity contribution in [1.29, 1.82) is 0 Å². The van der Waals surface area contributed by atoms with E-state index in [9.17, 15) is 0 Å². The summed E-state index contributed by atoms with van der Waals surface area (Å²) in [6.07, 6.45) is 2.76. The van der Waals surface area contributed by atoms with Crippen molar-refractivity contribution < 1.29 is 0 Å². The molecule has 1 rings (SSSR count). The normalized spacial score (nSPS) is 17.7. The van der Waals surface area contributed by atoms with Crippen LogP contribution in [0.15, 0.2) is 11.3 Å². The molecule has 0 amide bonds. The van der Waals surface area contributed by atoms with Gasteiger partial charge >= 0.3 is 0 Å². The smallest absolute Gasteiger partial charge is 0.0175 e. The molecule has 0 N–H and O–H groups in total. The molecule has 0 unspecified atom stereocenters. The van der Waals surface area contributed by atoms with E-state index in [1.165, 1.54) is 37.2 Å². The third kappa shape index (κ3) is 1.53. The average molecular weight is 139 g/mol. The molecule has 1 aliphatic rings. The molecule has 58 valence electrons. The fraction of sp³-hybridized carbons (Fsp3) is 0.778. The minimum Gasteiger partial charge on any atom is -0.375 e. The fourth-order valence-electron chi connectivity index (χ4n) is 1.37. The van der Waals surface area contributed by atoms with Gasteiger partial charge in [0.15, 0.2) is 0 Å². The number of allylic oxidation sites excluding steroid dienone is 2. The maximum absolute atomic E-state index is 2.48. The summed E-state index contributed by atoms with van der Waals surface area (Å²) in [5, 5.41) is 0. The highest BCUT2D eigenvalue weighted by Gasteiger charge is 2.11. The zero-order valence-corrected chi connectivity index (χ0v) is 7.28. The summed E-state index contributed by atoms with van der Waals surface area (Å²) >= 11 is 0. The molecular weight excluding hydrogens is 122 g/mol. The second-order valence-corrected chi connectivity index (χ2v) is 3.28. The van der Waals surface area contributed by atoms with E-state index in [4.69, 9.17) is 0 Å². The van der Waals surface area contributed by atoms with Crippen LogP contribution in [0.1, 0.15) is 33.6 Å². The van der Waals surface area contributed by atoms with Gasteiger partial charge in [-0.25, -0.2) is 0 Å². The van der Waals surface area contributed by atoms with Crippen molar-refractivity contribution in [2.75, 3.05) is 13.1 Å². The molecule has 0 aromatic carbocycles. The van der Waals surface area contributed by atoms with E-state index in [0.717, 1.165) is 0 Å². The van der Waals surface area contributed by atoms with Crippen molar-refractivity contribution in [3.8, 4) is 0 Å². The lowest BCUT2D eigenvalue weighted by Gasteiger charge is -2.19. The van der Waals surface area contributed by atoms with Crippen LogP contribution in [-0.4, -0.2) is 18.0 Å². The molecule has 1 aliphatic heterocycles. The van der Waals surface area contributed by atoms with Crippen LogP contribution in [0, 0.1) is 0 Å². The summed E-state index contributed by atoms with van der Waals surface area (Å²) in [6, 6.07) is 0. The Labute approximate surface area is 63.7 Å². The third-order valence-corrected chi connectivity index (χ3v) is 2.30. The maximum Gasteiger partial charge on any atom is 0.0175 e. The SMILES string of the molecule is CC(C)=C(C)N1CCCC1. The first-order valence-corrected chi connectivity index (χ1v) is 4.11. The summed E-state index contributed by atoms with van der Waals surface area (Å²) in [5.41, 5.74) is 2.94. The van der Waals surface area contributed by atoms with Crippen molar-refractivity contribution in [2.24, 2.45) is 0 Å². The first-order chi connectivity index (χ1) is 4.72. The van der Waals surface area contributed by atoms with Crippen LogP contribution in [-0.2, 0) is 0 Å². The van der Waals surface area contributed by atoms with Gasteiger partial charge in [0.25, 0.3) is 0 Å². The summed E-state index contributed by atoms with van der Waals surface area (Å²) in [5.74, 6) is 0. The summed E-state index contributed by atoms with van der Waals surface area (Å²) in [7, 11) is 0. The van der Waals surface area contributed by atoms with Gasteiger partial charge in [-0.3, -0.25) is 0 Å². The minimum absolute atomic E-state index is 1.27. The lowest BCUT2D eigenvalue weighted by molar-refractivity contribution is 0.423. The second kappa shape index (κ2) is 3.09. The standard InChI is InChI=1S/C9H17N/c1-8(2)9(3)10-6-4-5-7-10/h4-7H2,1-3H3. The molecule has 1 nitrogen and oxygen atoms in total. The Morgan fingerprint density at radius 1 is 1.00 bits per heavy atom. The van der Waals surface area contributed by atoms with Gasteiger partial charge in [0.1, 0.15) is 0 Å². The van der Waals surface area contributed by atoms with Crippen LogP contribution in [0.5, 0.6) is 0 Å². The van der Waals surface area contributed by atoms with Crippen LogP contribution in [0.2, 0.25) is 0 Å². The van der Waals surface area contributed by atoms with Gasteiger partial charge in [-0.15, -0.1) is 0 Å². The van der Waals surface area contributed by atoms with Gasteiger partial charge < -0.3 is 4.90 Å². The van der Waals surface area contributed by atoms with E-state index < -0.39 is 0 Å². The molecule has 0 radical (unpaired) electrons. The van der Waals surface area contributed by atoms with Crippen LogP contribution in [0.25, 0.3) is 0 Å². The average Bonchev–Trinajstić information content (AvgIpc) is 2.36. The van der Waals surface area contributed by atoms with Crippen LogP contribution in [0.3, 0.4) is 0 Å². The quantitative estimate of drug-likeness (QED) is 0.539. The summed E-state index contributed by atoms with van der Waals surface area (Å²) < 4.78 is 0. The predicted octanol–water partition coefficient (Wildman–Crippen LogP) is 2.40. The van der Waals surface area contributed by atoms with E-state index in [2.05, 4.69) is 25.7 Å². The van der Waals surface area contributed by atoms with E-state index in [1.807, 2.05) is 0 Å². The zero-order chi connectivity index (χ0) is 7.56. The van der Waals surface area contributed by atoms with Crippen LogP contribution in [0.4, 0.5) is 0 Å². The number of rotatable bonds is 1. The Balaban J connectivity index is 2.56. The maximum atomic E-state index is 2.48. The monoisotopic (exact) mass is 139 g/mol. The van der Waals surface area contributed by atoms with E-state index >= 15 is 0 Å². The first-order valence-electron chi connectivity index (χ1n) is 4.11. The summed E-state index contributed by atoms with van der Waals surface area (Å²) in [6.45, 7) is 9.15. The Morgan fingerprint density at radius 2 is 1.50 bits per heavy atom. The molecule has 1 heterocycles. The van der Waals surface area contributed by atoms with Gasteiger partial charge in [-0.05, 0) is 33.6 Å². The topological polar surface area (TPSA) is 3.24 Å². The van der Waals surface area contributed by atoms with Crippen molar-refractivity contribution in [3.63, 3.8) is 0 Å². The third-order valence-electron chi connectivity index (χ3n) is 2.30. The molecule has 1 heteroatoms. The molecule has 0 spiro atoms. The highest BCUT2D eigenvalue weighted by atomic mass is 15.1. The lowest BCUT2D eigenvalue weighted by Crippen LogP contribution is -2.17. The highest BCUT2D eigenvalue weighted by Crippen LogP contribution is 2.16. The van der Waals surface area contributed by atoms with Crippen molar-refractivity contribution in [2.45, 2.75) is 33.6 Å². The molecule has 0 bridgehead atoms. The minimum atomic E-state index is 1.27. The molecule has 10 heavy (non-hydrogen) atoms. The van der Waals surface area contributed by atoms with Crippen molar-refractivity contribution >= 4 is 0 Å². The second-order valence-electron chi connectivity index (χ2n) is 3.28. The van der Waals surface area contributed by atoms with Crippen LogP contribution >= 0.6 is 0 Å². The first kappa shape index (κ1) is 7.64. The molecule has 0 aromatic rings. The predicted molar refractivity (Wildman–Crippen MR) is 44.9 cm³/mol. The number of hydrogen-bond acceptors (Lipinski definition) is 1. The zero-order valence-electron chi connectivity index (χ0n) is 7.28. The Morgan fingerprint density at radius 3 is 1.90 bits per heavy atom. The largest absolute Gasteiger partial charge is 0.375 e. The molecular formula is C9H17N. The number of likely N-dealkylation sites (tertiary alicyclic amines) is 1. The fourth-order valence-corrected chi connectivity index (χ4v) is 1.37. The lowest BCUT2D eigenvalue weighted by atomic mass is 10.2. The van der Waals surface area contributed by atoms with E-state index in [-0.39, 0.29) is 0 Å². The van der Waals surface area contributed by atoms with Gasteiger partial charge in [0.2, 0.25) is 0 Å². The van der Waals surface area contributed by atoms with Gasteiger partial charge in [0, 0.05) is 18.8 Å². The molecule has 0 aliphatic carbocycles. The molecule has 0 saturated carbocycles. The molecule has 0 atom stereocenters. The van der Waals surface area contributed by atoms with Crippen LogP contribution < -0.4 is 0 Å².